The summed E-state index contributed by atoms with van der Waals surface area (Å²) < 4.78 is 0. The highest BCUT2D eigenvalue weighted by atomic mass is 16.4. The number of aldehydes is 1. The van der Waals surface area contributed by atoms with Crippen LogP contribution in [0.5, 0.6) is 5.75 Å². The Balaban J connectivity index is 1.79. The lowest BCUT2D eigenvalue weighted by Gasteiger charge is -2.25. The zero-order valence-electron chi connectivity index (χ0n) is 16.9. The fourth-order valence-electron chi connectivity index (χ4n) is 3.48. The van der Waals surface area contributed by atoms with Gasteiger partial charge in [-0.3, -0.25) is 19.3 Å². The molecule has 1 aromatic carbocycles. The number of benzene rings is 1. The first kappa shape index (κ1) is 23.3. The maximum absolute atomic E-state index is 12.3. The first-order valence-electron chi connectivity index (χ1n) is 10.1. The Labute approximate surface area is 175 Å². The van der Waals surface area contributed by atoms with Crippen LogP contribution in [0.4, 0.5) is 0 Å². The number of carboxylic acids is 1. The molecule has 0 spiro atoms. The Bertz CT molecular complexity index is 737. The molecule has 1 heterocycles. The van der Waals surface area contributed by atoms with E-state index in [9.17, 15) is 24.3 Å². The highest BCUT2D eigenvalue weighted by molar-refractivity contribution is 5.83. The van der Waals surface area contributed by atoms with Crippen molar-refractivity contribution in [3.8, 4) is 5.75 Å². The Kier molecular flexibility index (Phi) is 9.27. The van der Waals surface area contributed by atoms with Crippen LogP contribution in [-0.2, 0) is 25.6 Å². The summed E-state index contributed by atoms with van der Waals surface area (Å²) >= 11 is 0. The molecule has 1 fully saturated rings. The predicted molar refractivity (Wildman–Crippen MR) is 109 cm³/mol. The van der Waals surface area contributed by atoms with E-state index >= 15 is 0 Å². The number of carbonyl (C=O) groups is 4. The number of nitrogens with zero attached hydrogens (tertiary/aromatic N) is 1. The van der Waals surface area contributed by atoms with Crippen LogP contribution >= 0.6 is 0 Å². The van der Waals surface area contributed by atoms with Crippen molar-refractivity contribution in [2.45, 2.75) is 50.6 Å². The number of amides is 2. The lowest BCUT2D eigenvalue weighted by Crippen LogP contribution is -2.47. The second-order valence-corrected chi connectivity index (χ2v) is 7.57. The maximum Gasteiger partial charge on any atom is 0.305 e. The molecule has 1 saturated heterocycles. The molecule has 4 N–H and O–H groups in total. The smallest absolute Gasteiger partial charge is 0.305 e. The van der Waals surface area contributed by atoms with Gasteiger partial charge in [-0.05, 0) is 43.5 Å². The largest absolute Gasteiger partial charge is 0.508 e. The van der Waals surface area contributed by atoms with E-state index in [0.29, 0.717) is 32.2 Å². The highest BCUT2D eigenvalue weighted by Crippen LogP contribution is 2.13. The molecule has 1 aromatic rings. The van der Waals surface area contributed by atoms with Crippen LogP contribution in [-0.4, -0.2) is 70.9 Å². The van der Waals surface area contributed by atoms with Crippen LogP contribution in [0.3, 0.4) is 0 Å². The van der Waals surface area contributed by atoms with Crippen LogP contribution in [0.25, 0.3) is 0 Å². The monoisotopic (exact) mass is 419 g/mol. The summed E-state index contributed by atoms with van der Waals surface area (Å²) in [7, 11) is 0. The lowest BCUT2D eigenvalue weighted by atomic mass is 10.1. The third-order valence-electron chi connectivity index (χ3n) is 4.97. The number of likely N-dealkylation sites (tertiary alicyclic amines) is 1. The molecule has 2 amide bonds. The number of nitrogens with one attached hydrogen (secondary N) is 2. The molecule has 2 rings (SSSR count). The van der Waals surface area contributed by atoms with E-state index in [1.54, 1.807) is 24.3 Å². The number of phenolic OH excluding ortho intramolecular Hbond substituents is 1. The second-order valence-electron chi connectivity index (χ2n) is 7.57. The van der Waals surface area contributed by atoms with Gasteiger partial charge >= 0.3 is 5.97 Å². The van der Waals surface area contributed by atoms with Gasteiger partial charge in [0.05, 0.1) is 19.0 Å². The van der Waals surface area contributed by atoms with Crippen LogP contribution in [0.1, 0.15) is 37.7 Å². The number of aryl methyl sites for hydroxylation is 1. The van der Waals surface area contributed by atoms with E-state index < -0.39 is 24.3 Å². The van der Waals surface area contributed by atoms with Crippen LogP contribution in [0.2, 0.25) is 0 Å². The average Bonchev–Trinajstić information content (AvgIpc) is 2.91. The molecule has 1 aliphatic rings. The van der Waals surface area contributed by atoms with Gasteiger partial charge in [-0.1, -0.05) is 18.6 Å². The molecule has 0 saturated carbocycles. The molecule has 0 aromatic heterocycles. The third kappa shape index (κ3) is 8.60. The molecule has 0 aliphatic carbocycles. The fraction of sp³-hybridized carbons (Fsp3) is 0.524. The zero-order chi connectivity index (χ0) is 21.9. The van der Waals surface area contributed by atoms with E-state index in [0.717, 1.165) is 24.8 Å². The van der Waals surface area contributed by atoms with Gasteiger partial charge in [0, 0.05) is 19.0 Å². The van der Waals surface area contributed by atoms with Crippen molar-refractivity contribution >= 4 is 24.1 Å². The number of aromatic hydroxyl groups is 1. The minimum atomic E-state index is -1.16. The van der Waals surface area contributed by atoms with Gasteiger partial charge in [0.1, 0.15) is 12.0 Å². The first-order valence-corrected chi connectivity index (χ1v) is 10.1. The topological polar surface area (TPSA) is 136 Å². The summed E-state index contributed by atoms with van der Waals surface area (Å²) in [4.78, 5) is 48.1. The van der Waals surface area contributed by atoms with Gasteiger partial charge in [-0.2, -0.15) is 0 Å². The summed E-state index contributed by atoms with van der Waals surface area (Å²) in [6.45, 7) is 1.25. The minimum absolute atomic E-state index is 0.0455. The lowest BCUT2D eigenvalue weighted by molar-refractivity contribution is -0.138. The van der Waals surface area contributed by atoms with E-state index in [2.05, 4.69) is 10.6 Å². The summed E-state index contributed by atoms with van der Waals surface area (Å²) in [5.74, 6) is -1.44. The number of hydrogen-bond donors (Lipinski definition) is 4. The van der Waals surface area contributed by atoms with Gasteiger partial charge in [0.2, 0.25) is 11.8 Å². The molecule has 0 radical (unpaired) electrons. The van der Waals surface area contributed by atoms with Crippen LogP contribution in [0, 0.1) is 0 Å². The molecule has 164 valence electrons. The van der Waals surface area contributed by atoms with E-state index in [1.807, 2.05) is 4.90 Å². The maximum atomic E-state index is 12.3. The highest BCUT2D eigenvalue weighted by Gasteiger charge is 2.23. The average molecular weight is 419 g/mol. The third-order valence-corrected chi connectivity index (χ3v) is 4.97. The summed E-state index contributed by atoms with van der Waals surface area (Å²) in [5, 5.41) is 23.5. The van der Waals surface area contributed by atoms with E-state index in [-0.39, 0.29) is 24.2 Å². The molecule has 9 nitrogen and oxygen atoms in total. The Morgan fingerprint density at radius 2 is 1.90 bits per heavy atom. The molecule has 0 bridgehead atoms. The SMILES string of the molecule is O=C[C@H](CC(=O)O)NC(=O)CN1CCCC[C@H](NC(=O)CCc2ccc(O)cc2)C1. The van der Waals surface area contributed by atoms with Gasteiger partial charge in [-0.15, -0.1) is 0 Å². The zero-order valence-corrected chi connectivity index (χ0v) is 16.9. The number of carbonyl (C=O) groups excluding carboxylic acids is 3. The minimum Gasteiger partial charge on any atom is -0.508 e. The fourth-order valence-corrected chi connectivity index (χ4v) is 3.48. The Hall–Kier alpha value is -2.94. The quantitative estimate of drug-likeness (QED) is 0.404. The standard InChI is InChI=1S/C21H29N3O6/c25-14-17(11-21(29)30)23-20(28)13-24-10-2-1-3-16(12-24)22-19(27)9-6-15-4-7-18(26)8-5-15/h4-5,7-8,14,16-17,26H,1-3,6,9-13H2,(H,22,27)(H,23,28)(H,29,30)/t16-,17-/m0/s1. The summed E-state index contributed by atoms with van der Waals surface area (Å²) in [6, 6.07) is 5.63. The van der Waals surface area contributed by atoms with Crippen molar-refractivity contribution in [3.05, 3.63) is 29.8 Å². The van der Waals surface area contributed by atoms with Crippen molar-refractivity contribution in [1.29, 1.82) is 0 Å². The predicted octanol–water partition coefficient (Wildman–Crippen LogP) is 0.454. The van der Waals surface area contributed by atoms with Crippen molar-refractivity contribution in [3.63, 3.8) is 0 Å². The molecule has 30 heavy (non-hydrogen) atoms. The van der Waals surface area contributed by atoms with Crippen molar-refractivity contribution < 1.29 is 29.4 Å². The molecular weight excluding hydrogens is 390 g/mol. The van der Waals surface area contributed by atoms with E-state index in [1.165, 1.54) is 0 Å². The van der Waals surface area contributed by atoms with Gasteiger partial charge in [-0.25, -0.2) is 0 Å². The van der Waals surface area contributed by atoms with E-state index in [4.69, 9.17) is 5.11 Å². The second kappa shape index (κ2) is 11.9. The number of carboxylic acid groups (broad SMARTS) is 1. The van der Waals surface area contributed by atoms with Crippen molar-refractivity contribution in [2.24, 2.45) is 0 Å². The Morgan fingerprint density at radius 1 is 1.17 bits per heavy atom. The van der Waals surface area contributed by atoms with Gasteiger partial charge in [0.25, 0.3) is 0 Å². The molecule has 0 unspecified atom stereocenters. The van der Waals surface area contributed by atoms with Gasteiger partial charge in [0.15, 0.2) is 0 Å². The number of phenols is 1. The normalized spacial score (nSPS) is 18.1. The van der Waals surface area contributed by atoms with Crippen molar-refractivity contribution in [1.82, 2.24) is 15.5 Å². The van der Waals surface area contributed by atoms with Crippen molar-refractivity contribution in [2.75, 3.05) is 19.6 Å². The molecule has 2 atom stereocenters. The van der Waals surface area contributed by atoms with Gasteiger partial charge < -0.3 is 25.6 Å². The summed E-state index contributed by atoms with van der Waals surface area (Å²) in [5.41, 5.74) is 0.966. The first-order chi connectivity index (χ1) is 14.4. The molecule has 9 heteroatoms. The number of hydrogen-bond acceptors (Lipinski definition) is 6. The molecular formula is C21H29N3O6. The van der Waals surface area contributed by atoms with Crippen LogP contribution < -0.4 is 10.6 Å². The summed E-state index contributed by atoms with van der Waals surface area (Å²) in [6.07, 6.45) is 3.51. The number of aliphatic carboxylic acids is 1. The Morgan fingerprint density at radius 3 is 2.57 bits per heavy atom. The van der Waals surface area contributed by atoms with Crippen LogP contribution in [0.15, 0.2) is 24.3 Å². The molecule has 1 aliphatic heterocycles. The number of rotatable bonds is 10.